The summed E-state index contributed by atoms with van der Waals surface area (Å²) >= 11 is 0. The first kappa shape index (κ1) is 28.4. The maximum Gasteiger partial charge on any atom is 0.330 e. The molecular formula is C30H43O6P. The molecule has 6 nitrogen and oxygen atoms in total. The van der Waals surface area contributed by atoms with Gasteiger partial charge in [0.1, 0.15) is 12.2 Å². The van der Waals surface area contributed by atoms with Crippen molar-refractivity contribution in [2.45, 2.75) is 108 Å². The molecule has 7 heteroatoms. The van der Waals surface area contributed by atoms with Gasteiger partial charge in [0.25, 0.3) is 0 Å². The van der Waals surface area contributed by atoms with E-state index in [4.69, 9.17) is 23.5 Å². The molecule has 2 unspecified atom stereocenters. The average Bonchev–Trinajstić information content (AvgIpc) is 3.61. The molecule has 0 radical (unpaired) electrons. The number of esters is 1. The number of carbonyl (C=O) groups is 1. The van der Waals surface area contributed by atoms with E-state index < -0.39 is 0 Å². The topological polar surface area (TPSA) is 66.5 Å². The third kappa shape index (κ3) is 9.30. The van der Waals surface area contributed by atoms with Crippen molar-refractivity contribution in [3.05, 3.63) is 60.3 Å². The predicted octanol–water partition coefficient (Wildman–Crippen LogP) is 5.95. The van der Waals surface area contributed by atoms with Gasteiger partial charge in [-0.05, 0) is 51.4 Å². The van der Waals surface area contributed by atoms with Gasteiger partial charge in [-0.3, -0.25) is 0 Å². The molecule has 0 spiro atoms. The van der Waals surface area contributed by atoms with Gasteiger partial charge in [0.15, 0.2) is 0 Å². The highest BCUT2D eigenvalue weighted by atomic mass is 31.0. The molecule has 2 bridgehead atoms. The van der Waals surface area contributed by atoms with E-state index in [2.05, 4.69) is 60.3 Å². The number of fused-ring (bicyclic) bond motifs is 3. The van der Waals surface area contributed by atoms with Gasteiger partial charge < -0.3 is 23.5 Å². The Morgan fingerprint density at radius 3 is 2.84 bits per heavy atom. The normalized spacial score (nSPS) is 38.7. The van der Waals surface area contributed by atoms with Crippen molar-refractivity contribution in [1.29, 1.82) is 0 Å². The van der Waals surface area contributed by atoms with Crippen molar-refractivity contribution in [3.63, 3.8) is 0 Å². The van der Waals surface area contributed by atoms with Crippen LogP contribution in [0.1, 0.15) is 65.2 Å². The molecule has 4 heterocycles. The van der Waals surface area contributed by atoms with Gasteiger partial charge in [-0.1, -0.05) is 61.1 Å². The third-order valence-electron chi connectivity index (χ3n) is 7.49. The Bertz CT molecular complexity index is 908. The molecule has 1 saturated heterocycles. The second-order valence-corrected chi connectivity index (χ2v) is 11.3. The van der Waals surface area contributed by atoms with E-state index in [-0.39, 0.29) is 48.7 Å². The van der Waals surface area contributed by atoms with Crippen LogP contribution in [0.15, 0.2) is 60.3 Å². The summed E-state index contributed by atoms with van der Waals surface area (Å²) in [7, 11) is 2.39. The molecule has 37 heavy (non-hydrogen) atoms. The zero-order valence-electron chi connectivity index (χ0n) is 22.3. The van der Waals surface area contributed by atoms with Gasteiger partial charge in [0.05, 0.1) is 37.1 Å². The highest BCUT2D eigenvalue weighted by Gasteiger charge is 2.46. The summed E-state index contributed by atoms with van der Waals surface area (Å²) in [5.74, 6) is 0.139. The molecule has 0 aliphatic carbocycles. The highest BCUT2D eigenvalue weighted by Crippen LogP contribution is 2.37. The zero-order valence-corrected chi connectivity index (χ0v) is 23.4. The Balaban J connectivity index is 1.42. The quantitative estimate of drug-likeness (QED) is 0.194. The Morgan fingerprint density at radius 2 is 2.03 bits per heavy atom. The SMILES string of the molecule is C=C1CC(OP)[C@@H]2O[C@H]2C[C@@H](C/C=C/[C@@H]2CC(C)=CCO2)OC(=O)/C=C\C[C@@H]2C=CC[C@@H](C[C@@H](C)C1)O2. The number of hydrogen-bond acceptors (Lipinski definition) is 6. The maximum absolute atomic E-state index is 12.7. The van der Waals surface area contributed by atoms with Gasteiger partial charge >= 0.3 is 5.97 Å². The van der Waals surface area contributed by atoms with Gasteiger partial charge in [-0.15, -0.1) is 0 Å². The fourth-order valence-electron chi connectivity index (χ4n) is 5.56. The van der Waals surface area contributed by atoms with Crippen molar-refractivity contribution in [2.24, 2.45) is 5.92 Å². The Hall–Kier alpha value is -1.56. The number of carbonyl (C=O) groups excluding carboxylic acids is 1. The Kier molecular flexibility index (Phi) is 10.8. The van der Waals surface area contributed by atoms with E-state index in [1.165, 1.54) is 17.2 Å². The molecule has 0 aromatic carbocycles. The van der Waals surface area contributed by atoms with Gasteiger partial charge in [-0.25, -0.2) is 4.79 Å². The maximum atomic E-state index is 12.7. The van der Waals surface area contributed by atoms with Gasteiger partial charge in [0, 0.05) is 28.4 Å². The first-order valence-electron chi connectivity index (χ1n) is 13.7. The molecule has 204 valence electrons. The van der Waals surface area contributed by atoms with Gasteiger partial charge in [-0.2, -0.15) is 0 Å². The van der Waals surface area contributed by atoms with E-state index in [0.717, 1.165) is 32.1 Å². The van der Waals surface area contributed by atoms with Crippen molar-refractivity contribution in [3.8, 4) is 0 Å². The standard InChI is InChI=1S/C30H43O6P/c1-20-13-14-32-24(16-20)9-5-11-26-19-27-30(35-27)28(36-37)18-22(3)15-21(2)17-25-10-4-7-23(33-25)8-6-12-29(31)34-26/h4-7,9,12-13,21,23-28,30H,3,8,10-11,14-19,37H2,1-2H3/b9-5+,12-6-/t21-,23-,24+,25-,26+,27-,28?,30+/m0/s1. The van der Waals surface area contributed by atoms with Crippen LogP contribution in [0.25, 0.3) is 0 Å². The minimum atomic E-state index is -0.332. The molecule has 0 N–H and O–H groups in total. The molecule has 4 aliphatic heterocycles. The highest BCUT2D eigenvalue weighted by molar-refractivity contribution is 7.09. The Labute approximate surface area is 224 Å². The summed E-state index contributed by atoms with van der Waals surface area (Å²) in [6, 6.07) is 0. The summed E-state index contributed by atoms with van der Waals surface area (Å²) < 4.78 is 29.7. The van der Waals surface area contributed by atoms with Crippen LogP contribution in [0.3, 0.4) is 0 Å². The smallest absolute Gasteiger partial charge is 0.330 e. The lowest BCUT2D eigenvalue weighted by Crippen LogP contribution is -2.26. The van der Waals surface area contributed by atoms with Crippen LogP contribution in [0.4, 0.5) is 0 Å². The van der Waals surface area contributed by atoms with Crippen molar-refractivity contribution in [1.82, 2.24) is 0 Å². The second-order valence-electron chi connectivity index (χ2n) is 11.0. The molecule has 0 amide bonds. The van der Waals surface area contributed by atoms with Crippen LogP contribution in [0.5, 0.6) is 0 Å². The number of epoxide rings is 1. The molecule has 4 aliphatic rings. The first-order chi connectivity index (χ1) is 17.9. The average molecular weight is 531 g/mol. The third-order valence-corrected chi connectivity index (χ3v) is 7.84. The van der Waals surface area contributed by atoms with Crippen molar-refractivity contribution >= 4 is 15.4 Å². The van der Waals surface area contributed by atoms with Gasteiger partial charge in [0.2, 0.25) is 0 Å². The number of cyclic esters (lactones) is 1. The van der Waals surface area contributed by atoms with Crippen LogP contribution < -0.4 is 0 Å². The molecule has 0 aromatic heterocycles. The van der Waals surface area contributed by atoms with Crippen LogP contribution >= 0.6 is 9.47 Å². The van der Waals surface area contributed by atoms with Crippen LogP contribution in [0.2, 0.25) is 0 Å². The predicted molar refractivity (Wildman–Crippen MR) is 148 cm³/mol. The van der Waals surface area contributed by atoms with E-state index in [9.17, 15) is 4.79 Å². The van der Waals surface area contributed by atoms with E-state index in [1.54, 1.807) is 0 Å². The molecule has 9 atom stereocenters. The number of hydrogen-bond donors (Lipinski definition) is 0. The largest absolute Gasteiger partial charge is 0.459 e. The minimum Gasteiger partial charge on any atom is -0.459 e. The summed E-state index contributed by atoms with van der Waals surface area (Å²) in [5.41, 5.74) is 2.51. The van der Waals surface area contributed by atoms with Crippen LogP contribution in [0, 0.1) is 5.92 Å². The van der Waals surface area contributed by atoms with Crippen molar-refractivity contribution < 1.29 is 28.3 Å². The zero-order chi connectivity index (χ0) is 26.2. The number of rotatable bonds is 4. The van der Waals surface area contributed by atoms with E-state index in [1.807, 2.05) is 6.08 Å². The summed E-state index contributed by atoms with van der Waals surface area (Å²) in [4.78, 5) is 12.7. The van der Waals surface area contributed by atoms with Crippen LogP contribution in [-0.4, -0.2) is 55.3 Å². The molecule has 4 rings (SSSR count). The summed E-state index contributed by atoms with van der Waals surface area (Å²) in [6.45, 7) is 9.37. The monoisotopic (exact) mass is 530 g/mol. The lowest BCUT2D eigenvalue weighted by atomic mass is 9.91. The Morgan fingerprint density at radius 1 is 1.16 bits per heavy atom. The summed E-state index contributed by atoms with van der Waals surface area (Å²) in [5, 5.41) is 0. The first-order valence-corrected chi connectivity index (χ1v) is 14.2. The second kappa shape index (κ2) is 14.0. The lowest BCUT2D eigenvalue weighted by Gasteiger charge is -2.28. The summed E-state index contributed by atoms with van der Waals surface area (Å²) in [6.07, 6.45) is 20.2. The van der Waals surface area contributed by atoms with Crippen molar-refractivity contribution in [2.75, 3.05) is 6.61 Å². The molecule has 1 fully saturated rings. The number of ether oxygens (including phenoxy) is 4. The fourth-order valence-corrected chi connectivity index (χ4v) is 5.81. The molecule has 0 aromatic rings. The lowest BCUT2D eigenvalue weighted by molar-refractivity contribution is -0.143. The van der Waals surface area contributed by atoms with E-state index >= 15 is 0 Å². The fraction of sp³-hybridized carbons (Fsp3) is 0.633. The van der Waals surface area contributed by atoms with Crippen LogP contribution in [-0.2, 0) is 28.3 Å². The molecular weight excluding hydrogens is 487 g/mol. The molecule has 0 saturated carbocycles. The minimum absolute atomic E-state index is 0.00107. The van der Waals surface area contributed by atoms with E-state index in [0.29, 0.717) is 31.8 Å².